The number of Topliss-reactive ketones (excluding diaryl/α,β-unsaturated/α-hetero) is 1. The van der Waals surface area contributed by atoms with E-state index in [0.717, 1.165) is 29.9 Å². The van der Waals surface area contributed by atoms with Gasteiger partial charge in [0.1, 0.15) is 11.6 Å². The molecule has 0 amide bonds. The fraction of sp³-hybridized carbons (Fsp3) is 0.227. The highest BCUT2D eigenvalue weighted by atomic mass is 16.5. The maximum absolute atomic E-state index is 12.6. The van der Waals surface area contributed by atoms with E-state index in [4.69, 9.17) is 4.74 Å². The largest absolute Gasteiger partial charge is 0.495 e. The molecule has 6 nitrogen and oxygen atoms in total. The molecule has 0 unspecified atom stereocenters. The standard InChI is InChI=1S/C22H22N4O2/c1-14-10-12-15(13-11-14)23-21-20-17(7-5-8-18(20)27)25-22(26-21)24-16-6-3-4-9-19(16)28-2/h3-4,6,9-13H,5,7-8H2,1-2H3,(H2,23,24,25,26). The normalized spacial score (nSPS) is 13.0. The number of carbonyl (C=O) groups is 1. The second-order valence-electron chi connectivity index (χ2n) is 6.81. The van der Waals surface area contributed by atoms with Gasteiger partial charge in [0.25, 0.3) is 0 Å². The van der Waals surface area contributed by atoms with Crippen LogP contribution in [0.4, 0.5) is 23.1 Å². The van der Waals surface area contributed by atoms with E-state index in [-0.39, 0.29) is 5.78 Å². The summed E-state index contributed by atoms with van der Waals surface area (Å²) in [6.45, 7) is 2.04. The van der Waals surface area contributed by atoms with Crippen LogP contribution in [0.5, 0.6) is 5.75 Å². The van der Waals surface area contributed by atoms with E-state index < -0.39 is 0 Å². The lowest BCUT2D eigenvalue weighted by atomic mass is 9.95. The average molecular weight is 374 g/mol. The molecule has 0 spiro atoms. The minimum atomic E-state index is 0.0831. The fourth-order valence-electron chi connectivity index (χ4n) is 3.31. The monoisotopic (exact) mass is 374 g/mol. The van der Waals surface area contributed by atoms with Crippen LogP contribution in [0, 0.1) is 6.92 Å². The molecular formula is C22H22N4O2. The molecule has 1 heterocycles. The van der Waals surface area contributed by atoms with Crippen molar-refractivity contribution in [1.82, 2.24) is 9.97 Å². The second kappa shape index (κ2) is 7.68. The Hall–Kier alpha value is -3.41. The number of hydrogen-bond donors (Lipinski definition) is 2. The first-order valence-electron chi connectivity index (χ1n) is 9.32. The van der Waals surface area contributed by atoms with Crippen molar-refractivity contribution in [2.45, 2.75) is 26.2 Å². The van der Waals surface area contributed by atoms with Gasteiger partial charge in [-0.15, -0.1) is 0 Å². The summed E-state index contributed by atoms with van der Waals surface area (Å²) < 4.78 is 5.40. The van der Waals surface area contributed by atoms with E-state index in [1.54, 1.807) is 7.11 Å². The molecule has 0 bridgehead atoms. The maximum Gasteiger partial charge on any atom is 0.229 e. The number of anilines is 4. The molecule has 0 saturated carbocycles. The van der Waals surface area contributed by atoms with Crippen molar-refractivity contribution in [3.05, 3.63) is 65.4 Å². The van der Waals surface area contributed by atoms with Gasteiger partial charge in [-0.3, -0.25) is 4.79 Å². The van der Waals surface area contributed by atoms with E-state index >= 15 is 0 Å². The van der Waals surface area contributed by atoms with Crippen LogP contribution in [0.15, 0.2) is 48.5 Å². The summed E-state index contributed by atoms with van der Waals surface area (Å²) in [7, 11) is 1.62. The van der Waals surface area contributed by atoms with Gasteiger partial charge in [-0.2, -0.15) is 4.98 Å². The topological polar surface area (TPSA) is 76.1 Å². The summed E-state index contributed by atoms with van der Waals surface area (Å²) in [6.07, 6.45) is 2.09. The minimum absolute atomic E-state index is 0.0831. The summed E-state index contributed by atoms with van der Waals surface area (Å²) in [6, 6.07) is 15.6. The summed E-state index contributed by atoms with van der Waals surface area (Å²) in [5.41, 5.74) is 4.20. The van der Waals surface area contributed by atoms with Crippen LogP contribution in [0.2, 0.25) is 0 Å². The lowest BCUT2D eigenvalue weighted by Gasteiger charge is -2.20. The van der Waals surface area contributed by atoms with Crippen LogP contribution in [0.3, 0.4) is 0 Å². The van der Waals surface area contributed by atoms with Crippen molar-refractivity contribution in [2.24, 2.45) is 0 Å². The zero-order valence-electron chi connectivity index (χ0n) is 16.0. The van der Waals surface area contributed by atoms with Crippen LogP contribution >= 0.6 is 0 Å². The third-order valence-corrected chi connectivity index (χ3v) is 4.75. The van der Waals surface area contributed by atoms with Gasteiger partial charge in [-0.1, -0.05) is 29.8 Å². The number of hydrogen-bond acceptors (Lipinski definition) is 6. The summed E-state index contributed by atoms with van der Waals surface area (Å²) in [5.74, 6) is 1.76. The Balaban J connectivity index is 1.74. The molecule has 0 radical (unpaired) electrons. The number of methoxy groups -OCH3 is 1. The third-order valence-electron chi connectivity index (χ3n) is 4.75. The van der Waals surface area contributed by atoms with Crippen molar-refractivity contribution in [1.29, 1.82) is 0 Å². The van der Waals surface area contributed by atoms with E-state index in [0.29, 0.717) is 29.5 Å². The van der Waals surface area contributed by atoms with Crippen LogP contribution in [-0.2, 0) is 6.42 Å². The first-order valence-corrected chi connectivity index (χ1v) is 9.32. The lowest BCUT2D eigenvalue weighted by molar-refractivity contribution is 0.0972. The number of rotatable bonds is 5. The highest BCUT2D eigenvalue weighted by Gasteiger charge is 2.25. The van der Waals surface area contributed by atoms with Crippen LogP contribution in [0.1, 0.15) is 34.5 Å². The first kappa shape index (κ1) is 18.0. The molecule has 1 aromatic heterocycles. The molecule has 2 aromatic carbocycles. The molecular weight excluding hydrogens is 352 g/mol. The van der Waals surface area contributed by atoms with Gasteiger partial charge in [0.05, 0.1) is 24.1 Å². The predicted octanol–water partition coefficient (Wildman–Crippen LogP) is 4.80. The molecule has 3 aromatic rings. The molecule has 1 aliphatic rings. The summed E-state index contributed by atoms with van der Waals surface area (Å²) in [4.78, 5) is 21.8. The Morgan fingerprint density at radius 2 is 1.75 bits per heavy atom. The van der Waals surface area contributed by atoms with Gasteiger partial charge >= 0.3 is 0 Å². The van der Waals surface area contributed by atoms with Crippen molar-refractivity contribution >= 4 is 28.9 Å². The predicted molar refractivity (Wildman–Crippen MR) is 110 cm³/mol. The minimum Gasteiger partial charge on any atom is -0.495 e. The first-order chi connectivity index (χ1) is 13.6. The lowest BCUT2D eigenvalue weighted by Crippen LogP contribution is -2.18. The van der Waals surface area contributed by atoms with Crippen LogP contribution < -0.4 is 15.4 Å². The van der Waals surface area contributed by atoms with E-state index in [2.05, 4.69) is 20.6 Å². The molecule has 0 atom stereocenters. The van der Waals surface area contributed by atoms with Gasteiger partial charge in [0.2, 0.25) is 5.95 Å². The molecule has 28 heavy (non-hydrogen) atoms. The number of nitrogens with one attached hydrogen (secondary N) is 2. The number of ether oxygens (including phenoxy) is 1. The SMILES string of the molecule is COc1ccccc1Nc1nc2c(c(Nc3ccc(C)cc3)n1)C(=O)CCC2. The molecule has 0 saturated heterocycles. The Morgan fingerprint density at radius 3 is 2.54 bits per heavy atom. The van der Waals surface area contributed by atoms with Gasteiger partial charge in [-0.25, -0.2) is 4.98 Å². The number of fused-ring (bicyclic) bond motifs is 1. The number of aryl methyl sites for hydroxylation is 2. The number of ketones is 1. The van der Waals surface area contributed by atoms with Crippen molar-refractivity contribution in [2.75, 3.05) is 17.7 Å². The Bertz CT molecular complexity index is 1020. The number of nitrogens with zero attached hydrogens (tertiary/aromatic N) is 2. The van der Waals surface area contributed by atoms with E-state index in [1.807, 2.05) is 55.5 Å². The summed E-state index contributed by atoms with van der Waals surface area (Å²) in [5, 5.41) is 6.53. The molecule has 2 N–H and O–H groups in total. The Labute approximate surface area is 164 Å². The highest BCUT2D eigenvalue weighted by Crippen LogP contribution is 2.31. The van der Waals surface area contributed by atoms with Gasteiger partial charge < -0.3 is 15.4 Å². The molecule has 0 aliphatic heterocycles. The molecule has 1 aliphatic carbocycles. The van der Waals surface area contributed by atoms with Gasteiger partial charge in [0.15, 0.2) is 5.78 Å². The van der Waals surface area contributed by atoms with E-state index in [1.165, 1.54) is 5.56 Å². The Kier molecular flexibility index (Phi) is 4.93. The third kappa shape index (κ3) is 3.67. The quantitative estimate of drug-likeness (QED) is 0.668. The number of carbonyl (C=O) groups excluding carboxylic acids is 1. The highest BCUT2D eigenvalue weighted by molar-refractivity contribution is 6.03. The number of aromatic nitrogens is 2. The zero-order chi connectivity index (χ0) is 19.5. The maximum atomic E-state index is 12.6. The number of benzene rings is 2. The van der Waals surface area contributed by atoms with Crippen molar-refractivity contribution in [3.63, 3.8) is 0 Å². The van der Waals surface area contributed by atoms with Crippen LogP contribution in [-0.4, -0.2) is 22.9 Å². The summed E-state index contributed by atoms with van der Waals surface area (Å²) >= 11 is 0. The molecule has 0 fully saturated rings. The smallest absolute Gasteiger partial charge is 0.229 e. The zero-order valence-corrected chi connectivity index (χ0v) is 16.0. The molecule has 4 rings (SSSR count). The molecule has 6 heteroatoms. The van der Waals surface area contributed by atoms with Gasteiger partial charge in [0, 0.05) is 12.1 Å². The number of para-hydroxylation sites is 2. The van der Waals surface area contributed by atoms with Crippen molar-refractivity contribution < 1.29 is 9.53 Å². The van der Waals surface area contributed by atoms with Crippen molar-refractivity contribution in [3.8, 4) is 5.75 Å². The van der Waals surface area contributed by atoms with Gasteiger partial charge in [-0.05, 0) is 44.0 Å². The van der Waals surface area contributed by atoms with E-state index in [9.17, 15) is 4.79 Å². The Morgan fingerprint density at radius 1 is 0.964 bits per heavy atom. The second-order valence-corrected chi connectivity index (χ2v) is 6.81. The average Bonchev–Trinajstić information content (AvgIpc) is 2.70. The fourth-order valence-corrected chi connectivity index (χ4v) is 3.31. The van der Waals surface area contributed by atoms with Crippen LogP contribution in [0.25, 0.3) is 0 Å². The molecule has 142 valence electrons.